The van der Waals surface area contributed by atoms with Crippen molar-refractivity contribution < 1.29 is 0 Å². The molecule has 2 heterocycles. The summed E-state index contributed by atoms with van der Waals surface area (Å²) in [6, 6.07) is 9.90. The van der Waals surface area contributed by atoms with Gasteiger partial charge in [-0.1, -0.05) is 24.3 Å². The van der Waals surface area contributed by atoms with E-state index in [0.717, 1.165) is 27.1 Å². The molecular formula is C15H12N2OS. The summed E-state index contributed by atoms with van der Waals surface area (Å²) in [4.78, 5) is 19.2. The summed E-state index contributed by atoms with van der Waals surface area (Å²) >= 11 is 1.62. The molecule has 0 fully saturated rings. The summed E-state index contributed by atoms with van der Waals surface area (Å²) in [5, 5.41) is 0. The van der Waals surface area contributed by atoms with Crippen LogP contribution in [0.4, 0.5) is 0 Å². The lowest BCUT2D eigenvalue weighted by Crippen LogP contribution is -2.04. The summed E-state index contributed by atoms with van der Waals surface area (Å²) in [6.07, 6.45) is 3.63. The van der Waals surface area contributed by atoms with Crippen molar-refractivity contribution in [1.29, 1.82) is 0 Å². The lowest BCUT2D eigenvalue weighted by molar-refractivity contribution is 1.21. The predicted octanol–water partition coefficient (Wildman–Crippen LogP) is 3.47. The molecule has 19 heavy (non-hydrogen) atoms. The third-order valence-corrected chi connectivity index (χ3v) is 3.87. The average molecular weight is 268 g/mol. The third kappa shape index (κ3) is 2.35. The number of thiazole rings is 1. The van der Waals surface area contributed by atoms with E-state index in [4.69, 9.17) is 0 Å². The van der Waals surface area contributed by atoms with E-state index in [1.807, 2.05) is 18.6 Å². The number of rotatable bonds is 2. The minimum absolute atomic E-state index is 0.0671. The molecule has 3 rings (SSSR count). The predicted molar refractivity (Wildman–Crippen MR) is 78.3 cm³/mol. The van der Waals surface area contributed by atoms with Crippen LogP contribution in [0.1, 0.15) is 5.56 Å². The van der Waals surface area contributed by atoms with Crippen molar-refractivity contribution in [2.45, 2.75) is 6.92 Å². The minimum Gasteiger partial charge on any atom is -0.328 e. The number of pyridine rings is 1. The fourth-order valence-corrected chi connectivity index (χ4v) is 2.69. The zero-order chi connectivity index (χ0) is 13.2. The number of H-pyrrole nitrogens is 1. The average Bonchev–Trinajstić information content (AvgIpc) is 2.93. The van der Waals surface area contributed by atoms with Gasteiger partial charge in [-0.2, -0.15) is 0 Å². The Morgan fingerprint density at radius 2 is 1.89 bits per heavy atom. The molecule has 1 aromatic carbocycles. The molecular weight excluding hydrogens is 256 g/mol. The van der Waals surface area contributed by atoms with Crippen molar-refractivity contribution in [3.8, 4) is 21.6 Å². The Bertz CT molecular complexity index is 743. The lowest BCUT2D eigenvalue weighted by atomic mass is 10.0. The lowest BCUT2D eigenvalue weighted by Gasteiger charge is -2.06. The van der Waals surface area contributed by atoms with Gasteiger partial charge in [0.1, 0.15) is 0 Å². The summed E-state index contributed by atoms with van der Waals surface area (Å²) in [5.41, 5.74) is 6.05. The van der Waals surface area contributed by atoms with Crippen molar-refractivity contribution in [1.82, 2.24) is 9.97 Å². The van der Waals surface area contributed by atoms with Crippen LogP contribution in [0.3, 0.4) is 0 Å². The summed E-state index contributed by atoms with van der Waals surface area (Å²) in [5.74, 6) is 0. The van der Waals surface area contributed by atoms with Crippen molar-refractivity contribution in [2.75, 3.05) is 0 Å². The maximum atomic E-state index is 11.2. The van der Waals surface area contributed by atoms with Crippen LogP contribution >= 0.6 is 11.3 Å². The zero-order valence-corrected chi connectivity index (χ0v) is 11.2. The van der Waals surface area contributed by atoms with E-state index in [0.29, 0.717) is 0 Å². The first-order chi connectivity index (χ1) is 9.24. The Labute approximate surface area is 114 Å². The summed E-state index contributed by atoms with van der Waals surface area (Å²) in [6.45, 7) is 1.95. The van der Waals surface area contributed by atoms with E-state index in [2.05, 4.69) is 34.2 Å². The fraction of sp³-hybridized carbons (Fsp3) is 0.0667. The van der Waals surface area contributed by atoms with Gasteiger partial charge in [0.05, 0.1) is 10.4 Å². The largest absolute Gasteiger partial charge is 0.328 e. The fourth-order valence-electron chi connectivity index (χ4n) is 2.06. The SMILES string of the molecule is Cc1cc(=O)[nH]cc1-c1ccc(-c2cncs2)cc1. The Morgan fingerprint density at radius 3 is 2.53 bits per heavy atom. The highest BCUT2D eigenvalue weighted by Gasteiger charge is 2.04. The summed E-state index contributed by atoms with van der Waals surface area (Å²) < 4.78 is 0. The first kappa shape index (κ1) is 11.9. The topological polar surface area (TPSA) is 45.8 Å². The van der Waals surface area contributed by atoms with E-state index in [-0.39, 0.29) is 5.56 Å². The molecule has 0 aliphatic rings. The molecule has 3 nitrogen and oxygen atoms in total. The van der Waals surface area contributed by atoms with Crippen LogP contribution < -0.4 is 5.56 Å². The van der Waals surface area contributed by atoms with Gasteiger partial charge in [-0.05, 0) is 23.6 Å². The number of hydrogen-bond donors (Lipinski definition) is 1. The molecule has 2 aromatic heterocycles. The quantitative estimate of drug-likeness (QED) is 0.773. The first-order valence-electron chi connectivity index (χ1n) is 5.93. The van der Waals surface area contributed by atoms with Gasteiger partial charge in [-0.3, -0.25) is 9.78 Å². The van der Waals surface area contributed by atoms with Gasteiger partial charge in [0.25, 0.3) is 0 Å². The third-order valence-electron chi connectivity index (χ3n) is 3.04. The van der Waals surface area contributed by atoms with Gasteiger partial charge in [0, 0.05) is 24.0 Å². The van der Waals surface area contributed by atoms with Crippen LogP contribution in [0.5, 0.6) is 0 Å². The molecule has 0 spiro atoms. The highest BCUT2D eigenvalue weighted by Crippen LogP contribution is 2.27. The van der Waals surface area contributed by atoms with Crippen LogP contribution in [0.2, 0.25) is 0 Å². The zero-order valence-electron chi connectivity index (χ0n) is 10.4. The second kappa shape index (κ2) is 4.82. The second-order valence-electron chi connectivity index (χ2n) is 4.34. The first-order valence-corrected chi connectivity index (χ1v) is 6.80. The van der Waals surface area contributed by atoms with Crippen LogP contribution in [0.15, 0.2) is 53.0 Å². The Morgan fingerprint density at radius 1 is 1.16 bits per heavy atom. The minimum atomic E-state index is -0.0671. The molecule has 4 heteroatoms. The van der Waals surface area contributed by atoms with E-state index in [9.17, 15) is 4.79 Å². The molecule has 94 valence electrons. The van der Waals surface area contributed by atoms with Crippen LogP contribution in [-0.2, 0) is 0 Å². The van der Waals surface area contributed by atoms with Crippen molar-refractivity contribution in [3.05, 3.63) is 64.2 Å². The number of aromatic amines is 1. The van der Waals surface area contributed by atoms with Gasteiger partial charge in [-0.25, -0.2) is 0 Å². The van der Waals surface area contributed by atoms with E-state index in [1.165, 1.54) is 0 Å². The maximum Gasteiger partial charge on any atom is 0.248 e. The summed E-state index contributed by atoms with van der Waals surface area (Å²) in [7, 11) is 0. The number of aryl methyl sites for hydroxylation is 1. The van der Waals surface area contributed by atoms with Gasteiger partial charge in [0.15, 0.2) is 0 Å². The van der Waals surface area contributed by atoms with Crippen LogP contribution in [0.25, 0.3) is 21.6 Å². The standard InChI is InChI=1S/C15H12N2OS/c1-10-6-15(18)17-7-13(10)11-2-4-12(5-3-11)14-8-16-9-19-14/h2-9H,1H3,(H,17,18). The Kier molecular flexibility index (Phi) is 3.01. The number of aromatic nitrogens is 2. The monoisotopic (exact) mass is 268 g/mol. The molecule has 3 aromatic rings. The highest BCUT2D eigenvalue weighted by atomic mass is 32.1. The molecule has 0 saturated heterocycles. The van der Waals surface area contributed by atoms with Crippen molar-refractivity contribution in [2.24, 2.45) is 0 Å². The van der Waals surface area contributed by atoms with Gasteiger partial charge >= 0.3 is 0 Å². The molecule has 0 amide bonds. The maximum absolute atomic E-state index is 11.2. The Balaban J connectivity index is 2.01. The molecule has 0 aliphatic carbocycles. The van der Waals surface area contributed by atoms with Gasteiger partial charge < -0.3 is 4.98 Å². The smallest absolute Gasteiger partial charge is 0.248 e. The molecule has 0 bridgehead atoms. The van der Waals surface area contributed by atoms with E-state index >= 15 is 0 Å². The number of nitrogens with one attached hydrogen (secondary N) is 1. The van der Waals surface area contributed by atoms with Crippen LogP contribution in [0, 0.1) is 6.92 Å². The highest BCUT2D eigenvalue weighted by molar-refractivity contribution is 7.13. The molecule has 0 atom stereocenters. The number of hydrogen-bond acceptors (Lipinski definition) is 3. The van der Waals surface area contributed by atoms with Gasteiger partial charge in [0.2, 0.25) is 5.56 Å². The van der Waals surface area contributed by atoms with Gasteiger partial charge in [-0.15, -0.1) is 11.3 Å². The Hall–Kier alpha value is -2.20. The molecule has 0 unspecified atom stereocenters. The van der Waals surface area contributed by atoms with E-state index in [1.54, 1.807) is 23.6 Å². The van der Waals surface area contributed by atoms with Crippen LogP contribution in [-0.4, -0.2) is 9.97 Å². The molecule has 1 N–H and O–H groups in total. The van der Waals surface area contributed by atoms with Crippen molar-refractivity contribution >= 4 is 11.3 Å². The molecule has 0 radical (unpaired) electrons. The number of benzene rings is 1. The normalized spacial score (nSPS) is 10.6. The number of nitrogens with zero attached hydrogens (tertiary/aromatic N) is 1. The molecule has 0 aliphatic heterocycles. The van der Waals surface area contributed by atoms with E-state index < -0.39 is 0 Å². The van der Waals surface area contributed by atoms with Crippen molar-refractivity contribution in [3.63, 3.8) is 0 Å². The molecule has 0 saturated carbocycles. The second-order valence-corrected chi connectivity index (χ2v) is 5.22.